The summed E-state index contributed by atoms with van der Waals surface area (Å²) in [5, 5.41) is 23.8. The Morgan fingerprint density at radius 3 is 2.95 bits per heavy atom. The van der Waals surface area contributed by atoms with E-state index in [4.69, 9.17) is 17.1 Å². The second kappa shape index (κ2) is 5.86. The fourth-order valence-electron chi connectivity index (χ4n) is 2.19. The molecule has 21 heavy (non-hydrogen) atoms. The van der Waals surface area contributed by atoms with Gasteiger partial charge in [0.2, 0.25) is 5.91 Å². The molecule has 0 aromatic heterocycles. The van der Waals surface area contributed by atoms with Gasteiger partial charge in [-0.25, -0.2) is 0 Å². The minimum Gasteiger partial charge on any atom is -0.505 e. The van der Waals surface area contributed by atoms with Crippen LogP contribution in [0.2, 0.25) is 5.02 Å². The predicted octanol–water partition coefficient (Wildman–Crippen LogP) is 2.62. The number of phenols is 1. The highest BCUT2D eigenvalue weighted by molar-refractivity contribution is 6.33. The molecule has 1 atom stereocenters. The van der Waals surface area contributed by atoms with Crippen molar-refractivity contribution in [3.05, 3.63) is 37.7 Å². The van der Waals surface area contributed by atoms with Crippen LogP contribution >= 0.6 is 11.6 Å². The van der Waals surface area contributed by atoms with Gasteiger partial charge < -0.3 is 10.0 Å². The Labute approximate surface area is 123 Å². The van der Waals surface area contributed by atoms with Crippen LogP contribution in [0, 0.1) is 16.0 Å². The minimum atomic E-state index is -0.720. The second-order valence-corrected chi connectivity index (χ2v) is 4.94. The molecule has 1 saturated heterocycles. The molecule has 1 heterocycles. The van der Waals surface area contributed by atoms with E-state index in [-0.39, 0.29) is 42.0 Å². The van der Waals surface area contributed by atoms with E-state index in [2.05, 4.69) is 10.0 Å². The number of azide groups is 1. The highest BCUT2D eigenvalue weighted by Gasteiger charge is 2.32. The third-order valence-corrected chi connectivity index (χ3v) is 3.44. The van der Waals surface area contributed by atoms with E-state index >= 15 is 0 Å². The number of carbonyl (C=O) groups excluding carboxylic acids is 1. The average Bonchev–Trinajstić information content (AvgIpc) is 2.79. The van der Waals surface area contributed by atoms with Crippen molar-refractivity contribution < 1.29 is 14.8 Å². The summed E-state index contributed by atoms with van der Waals surface area (Å²) in [6.07, 6.45) is 0.174. The van der Waals surface area contributed by atoms with Gasteiger partial charge in [0.05, 0.1) is 16.7 Å². The van der Waals surface area contributed by atoms with Crippen molar-refractivity contribution in [1.29, 1.82) is 0 Å². The highest BCUT2D eigenvalue weighted by atomic mass is 35.5. The van der Waals surface area contributed by atoms with Crippen molar-refractivity contribution in [3.63, 3.8) is 0 Å². The summed E-state index contributed by atoms with van der Waals surface area (Å²) >= 11 is 5.79. The van der Waals surface area contributed by atoms with Crippen molar-refractivity contribution in [1.82, 2.24) is 0 Å². The van der Waals surface area contributed by atoms with Crippen LogP contribution in [-0.4, -0.2) is 29.0 Å². The standard InChI is InChI=1S/C11H10ClN5O4/c12-7-2-9(10(18)3-8(7)17(20)21)16-5-6(1-11(16)19)4-14-15-13/h2-3,6,18H,1,4-5H2. The smallest absolute Gasteiger partial charge is 0.291 e. The maximum atomic E-state index is 11.9. The first kappa shape index (κ1) is 14.9. The summed E-state index contributed by atoms with van der Waals surface area (Å²) < 4.78 is 0. The molecule has 0 saturated carbocycles. The van der Waals surface area contributed by atoms with Crippen LogP contribution < -0.4 is 4.90 Å². The van der Waals surface area contributed by atoms with Crippen molar-refractivity contribution in [3.8, 4) is 5.75 Å². The largest absolute Gasteiger partial charge is 0.505 e. The molecule has 0 radical (unpaired) electrons. The number of phenolic OH excluding ortho intramolecular Hbond substituents is 1. The Bertz CT molecular complexity index is 658. The number of carbonyl (C=O) groups is 1. The summed E-state index contributed by atoms with van der Waals surface area (Å²) in [5.74, 6) is -0.834. The molecule has 9 nitrogen and oxygen atoms in total. The molecule has 110 valence electrons. The molecule has 1 N–H and O–H groups in total. The lowest BCUT2D eigenvalue weighted by Gasteiger charge is -2.18. The van der Waals surface area contributed by atoms with Crippen molar-refractivity contribution in [2.45, 2.75) is 6.42 Å². The highest BCUT2D eigenvalue weighted by Crippen LogP contribution is 2.39. The number of hydrogen-bond donors (Lipinski definition) is 1. The zero-order valence-electron chi connectivity index (χ0n) is 10.6. The van der Waals surface area contributed by atoms with Crippen LogP contribution in [0.4, 0.5) is 11.4 Å². The molecule has 1 aliphatic rings. The van der Waals surface area contributed by atoms with Crippen LogP contribution in [-0.2, 0) is 4.79 Å². The lowest BCUT2D eigenvalue weighted by atomic mass is 10.1. The molecule has 1 fully saturated rings. The van der Waals surface area contributed by atoms with Crippen LogP contribution in [0.15, 0.2) is 17.2 Å². The third kappa shape index (κ3) is 2.99. The van der Waals surface area contributed by atoms with Gasteiger partial charge in [-0.1, -0.05) is 16.7 Å². The molecule has 1 amide bonds. The Morgan fingerprint density at radius 2 is 2.33 bits per heavy atom. The zero-order valence-corrected chi connectivity index (χ0v) is 11.4. The van der Waals surface area contributed by atoms with E-state index in [1.807, 2.05) is 0 Å². The van der Waals surface area contributed by atoms with Crippen LogP contribution in [0.5, 0.6) is 5.75 Å². The average molecular weight is 312 g/mol. The normalized spacial score (nSPS) is 17.7. The number of amides is 1. The van der Waals surface area contributed by atoms with Crippen molar-refractivity contribution >= 4 is 28.9 Å². The van der Waals surface area contributed by atoms with E-state index in [1.54, 1.807) is 0 Å². The minimum absolute atomic E-state index is 0.110. The fraction of sp³-hybridized carbons (Fsp3) is 0.364. The lowest BCUT2D eigenvalue weighted by Crippen LogP contribution is -2.24. The van der Waals surface area contributed by atoms with Gasteiger partial charge in [0, 0.05) is 24.4 Å². The summed E-state index contributed by atoms with van der Waals surface area (Å²) in [7, 11) is 0. The molecule has 10 heteroatoms. The van der Waals surface area contributed by atoms with E-state index in [0.29, 0.717) is 0 Å². The molecule has 1 aromatic carbocycles. The first-order valence-electron chi connectivity index (χ1n) is 5.92. The van der Waals surface area contributed by atoms with Crippen molar-refractivity contribution in [2.24, 2.45) is 11.0 Å². The topological polar surface area (TPSA) is 132 Å². The van der Waals surface area contributed by atoms with Gasteiger partial charge in [0.15, 0.2) is 0 Å². The van der Waals surface area contributed by atoms with Crippen molar-refractivity contribution in [2.75, 3.05) is 18.0 Å². The maximum Gasteiger partial charge on any atom is 0.291 e. The zero-order chi connectivity index (χ0) is 15.6. The predicted molar refractivity (Wildman–Crippen MR) is 74.2 cm³/mol. The van der Waals surface area contributed by atoms with Gasteiger partial charge in [-0.05, 0) is 17.5 Å². The SMILES string of the molecule is [N-]=[N+]=NCC1CC(=O)N(c2cc(Cl)c([N+](=O)[O-])cc2O)C1. The number of halogens is 1. The van der Waals surface area contributed by atoms with Crippen LogP contribution in [0.1, 0.15) is 6.42 Å². The number of hydrogen-bond acceptors (Lipinski definition) is 5. The van der Waals surface area contributed by atoms with Crippen LogP contribution in [0.3, 0.4) is 0 Å². The molecule has 1 aliphatic heterocycles. The van der Waals surface area contributed by atoms with Gasteiger partial charge in [0.25, 0.3) is 5.69 Å². The number of nitro benzene ring substituents is 1. The summed E-state index contributed by atoms with van der Waals surface area (Å²) in [4.78, 5) is 25.9. The van der Waals surface area contributed by atoms with Gasteiger partial charge >= 0.3 is 0 Å². The Kier molecular flexibility index (Phi) is 4.15. The third-order valence-electron chi connectivity index (χ3n) is 3.14. The van der Waals surface area contributed by atoms with Gasteiger partial charge in [-0.3, -0.25) is 14.9 Å². The van der Waals surface area contributed by atoms with Gasteiger partial charge in [0.1, 0.15) is 10.8 Å². The summed E-state index contributed by atoms with van der Waals surface area (Å²) in [5.41, 5.74) is 7.95. The number of rotatable bonds is 4. The van der Waals surface area contributed by atoms with Gasteiger partial charge in [-0.15, -0.1) is 0 Å². The van der Waals surface area contributed by atoms with Crippen LogP contribution in [0.25, 0.3) is 10.4 Å². The quantitative estimate of drug-likeness (QED) is 0.301. The monoisotopic (exact) mass is 311 g/mol. The Balaban J connectivity index is 2.30. The molecule has 1 aromatic rings. The van der Waals surface area contributed by atoms with Gasteiger partial charge in [-0.2, -0.15) is 0 Å². The summed E-state index contributed by atoms with van der Waals surface area (Å²) in [6.45, 7) is 0.416. The molecule has 1 unspecified atom stereocenters. The Hall–Kier alpha value is -2.51. The Morgan fingerprint density at radius 1 is 1.62 bits per heavy atom. The number of anilines is 1. The van der Waals surface area contributed by atoms with E-state index < -0.39 is 16.4 Å². The second-order valence-electron chi connectivity index (χ2n) is 4.54. The lowest BCUT2D eigenvalue weighted by molar-refractivity contribution is -0.384. The molecule has 0 bridgehead atoms. The molecular weight excluding hydrogens is 302 g/mol. The number of aromatic hydroxyl groups is 1. The van der Waals surface area contributed by atoms with E-state index in [9.17, 15) is 20.0 Å². The first-order chi connectivity index (χ1) is 9.93. The first-order valence-corrected chi connectivity index (χ1v) is 6.30. The molecule has 0 aliphatic carbocycles. The summed E-state index contributed by atoms with van der Waals surface area (Å²) in [6, 6.07) is 2.09. The molecule has 2 rings (SSSR count). The maximum absolute atomic E-state index is 11.9. The van der Waals surface area contributed by atoms with E-state index in [0.717, 1.165) is 6.07 Å². The molecule has 0 spiro atoms. The number of benzene rings is 1. The van der Waals surface area contributed by atoms with E-state index in [1.165, 1.54) is 11.0 Å². The molecular formula is C11H10ClN5O4. The number of nitro groups is 1. The fourth-order valence-corrected chi connectivity index (χ4v) is 2.41. The number of nitrogens with zero attached hydrogens (tertiary/aromatic N) is 5.